The van der Waals surface area contributed by atoms with Gasteiger partial charge >= 0.3 is 11.7 Å². The summed E-state index contributed by atoms with van der Waals surface area (Å²) in [7, 11) is 0. The number of ketones is 1. The molecule has 280 valence electrons. The maximum atomic E-state index is 14.0. The molecule has 0 aliphatic carbocycles. The number of aromatic nitrogens is 4. The first-order valence-corrected chi connectivity index (χ1v) is 18.2. The second-order valence-corrected chi connectivity index (χ2v) is 12.9. The molecule has 6 N–H and O–H groups in total. The first-order chi connectivity index (χ1) is 25.0. The number of hydrogen-bond donors (Lipinski definition) is 4. The van der Waals surface area contributed by atoms with Gasteiger partial charge in [-0.15, -0.1) is 0 Å². The largest absolute Gasteiger partial charge is 0.481 e. The Morgan fingerprint density at radius 2 is 1.67 bits per heavy atom. The van der Waals surface area contributed by atoms with E-state index in [-0.39, 0.29) is 42.7 Å². The molecule has 0 saturated carbocycles. The summed E-state index contributed by atoms with van der Waals surface area (Å²) >= 11 is 0. The number of Topliss-reactive ketones (excluding diaryl/α,β-unsaturated/α-hetero) is 1. The number of likely N-dealkylation sites (N-methyl/N-ethyl adjacent to an activating group) is 1. The van der Waals surface area contributed by atoms with Crippen LogP contribution in [0.3, 0.4) is 0 Å². The zero-order valence-corrected chi connectivity index (χ0v) is 30.5. The Balaban J connectivity index is 1.69. The third-order valence-electron chi connectivity index (χ3n) is 9.30. The van der Waals surface area contributed by atoms with E-state index in [2.05, 4.69) is 24.1 Å². The summed E-state index contributed by atoms with van der Waals surface area (Å²) in [4.78, 5) is 72.5. The van der Waals surface area contributed by atoms with Crippen LogP contribution in [0, 0.1) is 0 Å². The number of fused-ring (bicyclic) bond motifs is 1. The van der Waals surface area contributed by atoms with Crippen LogP contribution in [0.15, 0.2) is 58.1 Å². The molecule has 0 bridgehead atoms. The number of hydrogen-bond acceptors (Lipinski definition) is 9. The Morgan fingerprint density at radius 3 is 2.31 bits per heavy atom. The number of benzene rings is 2. The molecule has 14 nitrogen and oxygen atoms in total. The third-order valence-corrected chi connectivity index (χ3v) is 9.30. The van der Waals surface area contributed by atoms with Gasteiger partial charge in [0.15, 0.2) is 16.9 Å². The van der Waals surface area contributed by atoms with E-state index in [0.29, 0.717) is 67.9 Å². The fraction of sp³-hybridized carbons (Fsp3) is 0.474. The Labute approximate surface area is 303 Å². The summed E-state index contributed by atoms with van der Waals surface area (Å²) < 4.78 is 4.78. The number of rotatable bonds is 21. The van der Waals surface area contributed by atoms with Gasteiger partial charge in [0, 0.05) is 50.3 Å². The van der Waals surface area contributed by atoms with Gasteiger partial charge in [-0.3, -0.25) is 28.3 Å². The molecule has 0 aliphatic rings. The molecule has 0 saturated heterocycles. The lowest BCUT2D eigenvalue weighted by molar-refractivity contribution is -0.137. The molecular formula is C38H52N8O6. The van der Waals surface area contributed by atoms with Gasteiger partial charge < -0.3 is 31.4 Å². The minimum absolute atomic E-state index is 0.127. The van der Waals surface area contributed by atoms with Crippen LogP contribution >= 0.6 is 0 Å². The van der Waals surface area contributed by atoms with Crippen LogP contribution < -0.4 is 28.0 Å². The van der Waals surface area contributed by atoms with E-state index in [4.69, 9.17) is 16.5 Å². The van der Waals surface area contributed by atoms with Crippen LogP contribution in [0.4, 0.5) is 5.69 Å². The average molecular weight is 717 g/mol. The first kappa shape index (κ1) is 39.7. The SMILES string of the molecule is CCCn1c(=O)c2c(nc(Cc3ccccc3)n2CCN(CC)CC)n(CCc2ccc(C(=O)C(CC(=O)O)NC(=O)CCCCN)cc2N)c1=O. The average Bonchev–Trinajstić information content (AvgIpc) is 3.48. The highest BCUT2D eigenvalue weighted by molar-refractivity contribution is 6.04. The van der Waals surface area contributed by atoms with Gasteiger partial charge in [0.2, 0.25) is 5.91 Å². The summed E-state index contributed by atoms with van der Waals surface area (Å²) in [6, 6.07) is 13.3. The number of imidazole rings is 1. The monoisotopic (exact) mass is 716 g/mol. The van der Waals surface area contributed by atoms with E-state index >= 15 is 0 Å². The number of nitrogen functional groups attached to an aromatic ring is 1. The second kappa shape index (κ2) is 19.0. The van der Waals surface area contributed by atoms with Crippen molar-refractivity contribution in [3.8, 4) is 0 Å². The van der Waals surface area contributed by atoms with Gasteiger partial charge in [-0.1, -0.05) is 63.2 Å². The van der Waals surface area contributed by atoms with Crippen molar-refractivity contribution >= 4 is 34.5 Å². The van der Waals surface area contributed by atoms with Crippen LogP contribution in [0.1, 0.15) is 80.2 Å². The van der Waals surface area contributed by atoms with E-state index < -0.39 is 35.8 Å². The van der Waals surface area contributed by atoms with E-state index in [1.165, 1.54) is 15.2 Å². The van der Waals surface area contributed by atoms with Gasteiger partial charge in [0.05, 0.1) is 6.42 Å². The highest BCUT2D eigenvalue weighted by Crippen LogP contribution is 2.20. The van der Waals surface area contributed by atoms with E-state index in [0.717, 1.165) is 18.7 Å². The van der Waals surface area contributed by atoms with Crippen LogP contribution in [-0.2, 0) is 42.1 Å². The number of carbonyl (C=O) groups excluding carboxylic acids is 2. The molecule has 2 aromatic carbocycles. The summed E-state index contributed by atoms with van der Waals surface area (Å²) in [6.07, 6.45) is 2.06. The topological polar surface area (TPSA) is 201 Å². The number of aliphatic carboxylic acids is 1. The Kier molecular flexibility index (Phi) is 14.5. The molecule has 1 unspecified atom stereocenters. The van der Waals surface area contributed by atoms with Gasteiger partial charge in [-0.05, 0) is 62.5 Å². The van der Waals surface area contributed by atoms with E-state index in [9.17, 15) is 29.1 Å². The van der Waals surface area contributed by atoms with Crippen LogP contribution in [0.25, 0.3) is 11.2 Å². The van der Waals surface area contributed by atoms with Crippen molar-refractivity contribution < 1.29 is 19.5 Å². The Hall–Kier alpha value is -5.08. The molecule has 14 heteroatoms. The molecule has 0 spiro atoms. The predicted molar refractivity (Wildman–Crippen MR) is 202 cm³/mol. The zero-order valence-electron chi connectivity index (χ0n) is 30.5. The Bertz CT molecular complexity index is 1960. The molecule has 52 heavy (non-hydrogen) atoms. The molecule has 4 aromatic rings. The summed E-state index contributed by atoms with van der Waals surface area (Å²) in [5.74, 6) is -1.54. The van der Waals surface area contributed by atoms with Gasteiger partial charge in [0.25, 0.3) is 5.56 Å². The lowest BCUT2D eigenvalue weighted by Gasteiger charge is -2.19. The predicted octanol–water partition coefficient (Wildman–Crippen LogP) is 2.80. The maximum absolute atomic E-state index is 14.0. The van der Waals surface area contributed by atoms with Crippen molar-refractivity contribution in [2.24, 2.45) is 5.73 Å². The summed E-state index contributed by atoms with van der Waals surface area (Å²) in [5.41, 5.74) is 13.9. The Morgan fingerprint density at radius 1 is 0.942 bits per heavy atom. The number of carbonyl (C=O) groups is 3. The molecule has 1 amide bonds. The highest BCUT2D eigenvalue weighted by atomic mass is 16.4. The molecule has 4 rings (SSSR count). The molecule has 2 aromatic heterocycles. The smallest absolute Gasteiger partial charge is 0.332 e. The van der Waals surface area contributed by atoms with Gasteiger partial charge in [0.1, 0.15) is 11.9 Å². The van der Waals surface area contributed by atoms with Crippen LogP contribution in [0.5, 0.6) is 0 Å². The molecule has 0 aliphatic heterocycles. The fourth-order valence-corrected chi connectivity index (χ4v) is 6.38. The van der Waals surface area contributed by atoms with Crippen molar-refractivity contribution in [1.29, 1.82) is 0 Å². The minimum atomic E-state index is -1.26. The number of aryl methyl sites for hydroxylation is 2. The van der Waals surface area contributed by atoms with E-state index in [1.54, 1.807) is 12.1 Å². The van der Waals surface area contributed by atoms with Gasteiger partial charge in [-0.25, -0.2) is 9.78 Å². The fourth-order valence-electron chi connectivity index (χ4n) is 6.38. The van der Waals surface area contributed by atoms with Gasteiger partial charge in [-0.2, -0.15) is 0 Å². The van der Waals surface area contributed by atoms with Crippen molar-refractivity contribution in [2.75, 3.05) is 31.9 Å². The molecule has 0 radical (unpaired) electrons. The number of carboxylic acids is 1. The number of nitrogens with two attached hydrogens (primary N) is 2. The zero-order chi connectivity index (χ0) is 37.8. The lowest BCUT2D eigenvalue weighted by atomic mass is 9.98. The third kappa shape index (κ3) is 9.82. The maximum Gasteiger partial charge on any atom is 0.332 e. The first-order valence-electron chi connectivity index (χ1n) is 18.2. The minimum Gasteiger partial charge on any atom is -0.481 e. The number of amides is 1. The van der Waals surface area contributed by atoms with Crippen molar-refractivity contribution in [3.05, 3.63) is 91.9 Å². The van der Waals surface area contributed by atoms with Crippen molar-refractivity contribution in [2.45, 2.75) is 91.4 Å². The number of unbranched alkanes of at least 4 members (excludes halogenated alkanes) is 1. The number of nitrogens with one attached hydrogen (secondary N) is 1. The second-order valence-electron chi connectivity index (χ2n) is 12.9. The standard InChI is InChI=1S/C38H52N8O6/c1-4-19-46-37(51)34-36(42-31(23-26-12-8-7-9-13-26)44(34)22-21-43(5-2)6-3)45(38(46)52)20-17-27-15-16-28(24-29(27)40)35(50)30(25-33(48)49)41-32(47)14-10-11-18-39/h7-9,12-13,15-16,24,30H,4-6,10-11,14,17-23,25,39-40H2,1-3H3,(H,41,47)(H,48,49). The number of nitrogens with zero attached hydrogens (tertiary/aromatic N) is 5. The number of carboxylic acid groups (broad SMARTS) is 1. The van der Waals surface area contributed by atoms with Crippen molar-refractivity contribution in [3.63, 3.8) is 0 Å². The van der Waals surface area contributed by atoms with Crippen LogP contribution in [-0.4, -0.2) is 78.6 Å². The molecule has 1 atom stereocenters. The highest BCUT2D eigenvalue weighted by Gasteiger charge is 2.26. The van der Waals surface area contributed by atoms with Crippen molar-refractivity contribution in [1.82, 2.24) is 28.9 Å². The summed E-state index contributed by atoms with van der Waals surface area (Å²) in [5, 5.41) is 12.0. The number of anilines is 1. The molecular weight excluding hydrogens is 664 g/mol. The quantitative estimate of drug-likeness (QED) is 0.0565. The lowest BCUT2D eigenvalue weighted by Crippen LogP contribution is -2.42. The van der Waals surface area contributed by atoms with E-state index in [1.807, 2.05) is 41.8 Å². The normalized spacial score (nSPS) is 12.0. The summed E-state index contributed by atoms with van der Waals surface area (Å²) in [6.45, 7) is 9.90. The van der Waals surface area contributed by atoms with Crippen LogP contribution in [0.2, 0.25) is 0 Å². The molecule has 2 heterocycles. The molecule has 0 fully saturated rings.